The van der Waals surface area contributed by atoms with Crippen molar-refractivity contribution in [2.75, 3.05) is 0 Å². The molecule has 0 unspecified atom stereocenters. The van der Waals surface area contributed by atoms with Crippen LogP contribution >= 0.6 is 0 Å². The van der Waals surface area contributed by atoms with Crippen molar-refractivity contribution in [3.05, 3.63) is 36.4 Å². The lowest BCUT2D eigenvalue weighted by atomic mass is 10.1. The summed E-state index contributed by atoms with van der Waals surface area (Å²) in [6.07, 6.45) is 4.21. The van der Waals surface area contributed by atoms with Crippen LogP contribution in [-0.4, -0.2) is 38.9 Å². The minimum absolute atomic E-state index is 0.152. The molecular formula is C13H15N3O4S. The molecule has 2 rings (SSSR count). The molecule has 7 nitrogen and oxygen atoms in total. The number of carboxylic acids is 1. The molecule has 0 saturated carbocycles. The number of carboxylic acid groups (broad SMARTS) is 1. The monoisotopic (exact) mass is 309 g/mol. The molecule has 0 saturated heterocycles. The van der Waals surface area contributed by atoms with Crippen LogP contribution in [0.1, 0.15) is 19.5 Å². The maximum atomic E-state index is 12.0. The van der Waals surface area contributed by atoms with Crippen LogP contribution in [-0.2, 0) is 21.2 Å². The highest BCUT2D eigenvalue weighted by atomic mass is 32.2. The topological polar surface area (TPSA) is 102 Å². The lowest BCUT2D eigenvalue weighted by molar-refractivity contribution is -0.136. The van der Waals surface area contributed by atoms with Gasteiger partial charge in [-0.15, -0.1) is 0 Å². The molecule has 0 amide bonds. The van der Waals surface area contributed by atoms with Gasteiger partial charge in [0.05, 0.1) is 29.8 Å². The van der Waals surface area contributed by atoms with E-state index in [1.807, 2.05) is 0 Å². The summed E-state index contributed by atoms with van der Waals surface area (Å²) in [6, 6.07) is 3.28. The average Bonchev–Trinajstić information content (AvgIpc) is 2.89. The molecule has 0 radical (unpaired) electrons. The molecule has 1 N–H and O–H groups in total. The summed E-state index contributed by atoms with van der Waals surface area (Å²) in [6.45, 7) is 3.16. The van der Waals surface area contributed by atoms with E-state index in [-0.39, 0.29) is 6.42 Å². The Labute approximate surface area is 122 Å². The van der Waals surface area contributed by atoms with E-state index in [2.05, 4.69) is 10.1 Å². The summed E-state index contributed by atoms with van der Waals surface area (Å²) in [4.78, 5) is 14.6. The van der Waals surface area contributed by atoms with Gasteiger partial charge in [-0.1, -0.05) is 6.07 Å². The summed E-state index contributed by atoms with van der Waals surface area (Å²) < 4.78 is 24.9. The summed E-state index contributed by atoms with van der Waals surface area (Å²) in [5.41, 5.74) is 1.72. The van der Waals surface area contributed by atoms with Gasteiger partial charge in [0.15, 0.2) is 0 Å². The lowest BCUT2D eigenvalue weighted by Crippen LogP contribution is -2.22. The van der Waals surface area contributed by atoms with Crippen LogP contribution in [0.15, 0.2) is 30.7 Å². The van der Waals surface area contributed by atoms with Gasteiger partial charge in [0.1, 0.15) is 0 Å². The third-order valence-corrected chi connectivity index (χ3v) is 4.82. The lowest BCUT2D eigenvalue weighted by Gasteiger charge is -2.06. The zero-order chi connectivity index (χ0) is 15.6. The van der Waals surface area contributed by atoms with Crippen molar-refractivity contribution in [3.8, 4) is 11.1 Å². The van der Waals surface area contributed by atoms with Gasteiger partial charge in [0.2, 0.25) is 0 Å². The number of pyridine rings is 1. The fourth-order valence-corrected chi connectivity index (χ4v) is 2.53. The zero-order valence-electron chi connectivity index (χ0n) is 11.6. The Morgan fingerprint density at radius 3 is 2.52 bits per heavy atom. The molecule has 0 fully saturated rings. The molecule has 8 heteroatoms. The second-order valence-corrected chi connectivity index (χ2v) is 7.15. The smallest absolute Gasteiger partial charge is 0.309 e. The van der Waals surface area contributed by atoms with Crippen molar-refractivity contribution in [1.29, 1.82) is 0 Å². The fraction of sp³-hybridized carbons (Fsp3) is 0.308. The van der Waals surface area contributed by atoms with Crippen LogP contribution in [0.2, 0.25) is 0 Å². The van der Waals surface area contributed by atoms with Gasteiger partial charge in [-0.05, 0) is 19.9 Å². The number of rotatable bonds is 5. The van der Waals surface area contributed by atoms with E-state index in [0.717, 1.165) is 4.09 Å². The molecule has 0 aliphatic carbocycles. The van der Waals surface area contributed by atoms with E-state index >= 15 is 0 Å². The first-order valence-corrected chi connectivity index (χ1v) is 7.77. The Bertz CT molecular complexity index is 748. The molecule has 0 aliphatic heterocycles. The second-order valence-electron chi connectivity index (χ2n) is 4.80. The van der Waals surface area contributed by atoms with Gasteiger partial charge < -0.3 is 5.11 Å². The Balaban J connectivity index is 2.28. The summed E-state index contributed by atoms with van der Waals surface area (Å²) >= 11 is 0. The fourth-order valence-electron chi connectivity index (χ4n) is 1.66. The van der Waals surface area contributed by atoms with Crippen molar-refractivity contribution < 1.29 is 18.3 Å². The van der Waals surface area contributed by atoms with Crippen LogP contribution in [0.25, 0.3) is 11.1 Å². The Hall–Kier alpha value is -2.22. The number of carbonyl (C=O) groups is 1. The molecule has 21 heavy (non-hydrogen) atoms. The van der Waals surface area contributed by atoms with Gasteiger partial charge >= 0.3 is 5.97 Å². The molecule has 0 bridgehead atoms. The number of hydrogen-bond donors (Lipinski definition) is 1. The normalized spacial score (nSPS) is 11.8. The number of aliphatic carboxylic acids is 1. The largest absolute Gasteiger partial charge is 0.481 e. The maximum absolute atomic E-state index is 12.0. The molecule has 0 aliphatic rings. The first-order valence-electron chi connectivity index (χ1n) is 6.27. The van der Waals surface area contributed by atoms with E-state index < -0.39 is 21.2 Å². The highest BCUT2D eigenvalue weighted by molar-refractivity contribution is 7.90. The van der Waals surface area contributed by atoms with Crippen LogP contribution in [0, 0.1) is 0 Å². The van der Waals surface area contributed by atoms with Crippen molar-refractivity contribution >= 4 is 16.0 Å². The van der Waals surface area contributed by atoms with Gasteiger partial charge in [-0.2, -0.15) is 9.19 Å². The summed E-state index contributed by atoms with van der Waals surface area (Å²) in [5, 5.41) is 12.0. The molecule has 0 atom stereocenters. The van der Waals surface area contributed by atoms with Gasteiger partial charge in [-0.3, -0.25) is 9.78 Å². The van der Waals surface area contributed by atoms with Crippen LogP contribution in [0.4, 0.5) is 0 Å². The minimum Gasteiger partial charge on any atom is -0.481 e. The zero-order valence-corrected chi connectivity index (χ0v) is 12.4. The van der Waals surface area contributed by atoms with Gasteiger partial charge in [0, 0.05) is 17.3 Å². The molecule has 0 aromatic carbocycles. The van der Waals surface area contributed by atoms with E-state index in [1.165, 1.54) is 18.6 Å². The molecule has 2 heterocycles. The van der Waals surface area contributed by atoms with Gasteiger partial charge in [-0.25, -0.2) is 8.42 Å². The summed E-state index contributed by atoms with van der Waals surface area (Å²) in [5.74, 6) is -0.953. The highest BCUT2D eigenvalue weighted by Crippen LogP contribution is 2.19. The summed E-state index contributed by atoms with van der Waals surface area (Å²) in [7, 11) is -3.48. The predicted molar refractivity (Wildman–Crippen MR) is 76.3 cm³/mol. The van der Waals surface area contributed by atoms with Crippen LogP contribution in [0.5, 0.6) is 0 Å². The molecular weight excluding hydrogens is 294 g/mol. The van der Waals surface area contributed by atoms with E-state index in [1.54, 1.807) is 26.0 Å². The maximum Gasteiger partial charge on any atom is 0.309 e. The SMILES string of the molecule is CC(C)S(=O)(=O)n1cc(-c2ccc(CC(=O)O)nc2)cn1. The average molecular weight is 309 g/mol. The van der Waals surface area contributed by atoms with Crippen molar-refractivity contribution in [1.82, 2.24) is 14.2 Å². The Morgan fingerprint density at radius 1 is 1.29 bits per heavy atom. The van der Waals surface area contributed by atoms with Gasteiger partial charge in [0.25, 0.3) is 10.0 Å². The van der Waals surface area contributed by atoms with Crippen LogP contribution in [0.3, 0.4) is 0 Å². The van der Waals surface area contributed by atoms with Crippen LogP contribution < -0.4 is 0 Å². The standard InChI is InChI=1S/C13H15N3O4S/c1-9(2)21(19,20)16-8-11(7-15-16)10-3-4-12(14-6-10)5-13(17)18/h3-4,6-9H,5H2,1-2H3,(H,17,18). The predicted octanol–water partition coefficient (Wildman–Crippen LogP) is 1.16. The Kier molecular flexibility index (Phi) is 4.08. The molecule has 0 spiro atoms. The molecule has 2 aromatic heterocycles. The van der Waals surface area contributed by atoms with E-state index in [4.69, 9.17) is 5.11 Å². The second kappa shape index (κ2) is 5.65. The first-order chi connectivity index (χ1) is 9.80. The molecule has 112 valence electrons. The quantitative estimate of drug-likeness (QED) is 0.889. The number of nitrogens with zero attached hydrogens (tertiary/aromatic N) is 3. The van der Waals surface area contributed by atoms with Crippen molar-refractivity contribution in [2.45, 2.75) is 25.5 Å². The van der Waals surface area contributed by atoms with E-state index in [9.17, 15) is 13.2 Å². The number of hydrogen-bond acceptors (Lipinski definition) is 5. The van der Waals surface area contributed by atoms with Crippen molar-refractivity contribution in [2.24, 2.45) is 0 Å². The third-order valence-electron chi connectivity index (χ3n) is 2.91. The molecule has 2 aromatic rings. The Morgan fingerprint density at radius 2 is 2.00 bits per heavy atom. The third kappa shape index (κ3) is 3.27. The number of aromatic nitrogens is 3. The first kappa shape index (κ1) is 15.2. The highest BCUT2D eigenvalue weighted by Gasteiger charge is 2.19. The van der Waals surface area contributed by atoms with E-state index in [0.29, 0.717) is 16.8 Å². The minimum atomic E-state index is -3.48. The van der Waals surface area contributed by atoms with Crippen molar-refractivity contribution in [3.63, 3.8) is 0 Å².